The Hall–Kier alpha value is -1.32. The van der Waals surface area contributed by atoms with Gasteiger partial charge in [0.1, 0.15) is 0 Å². The van der Waals surface area contributed by atoms with Gasteiger partial charge in [0, 0.05) is 23.2 Å². The minimum Gasteiger partial charge on any atom is -0.331 e. The Labute approximate surface area is 121 Å². The first-order chi connectivity index (χ1) is 9.24. The lowest BCUT2D eigenvalue weighted by molar-refractivity contribution is 0.0730. The van der Waals surface area contributed by atoms with Crippen LogP contribution in [0.15, 0.2) is 41.1 Å². The zero-order valence-electron chi connectivity index (χ0n) is 10.4. The van der Waals surface area contributed by atoms with Crippen molar-refractivity contribution in [1.29, 1.82) is 0 Å². The highest BCUT2D eigenvalue weighted by atomic mass is 35.5. The first kappa shape index (κ1) is 12.7. The standard InChI is InChI=1S/C15H14ClNOS/c16-13-3-1-2-12(8-13)15(18)17(14-4-5-14)9-11-6-7-19-10-11/h1-3,6-8,10,14H,4-5,9H2. The summed E-state index contributed by atoms with van der Waals surface area (Å²) in [4.78, 5) is 14.5. The van der Waals surface area contributed by atoms with Crippen LogP contribution in [0.2, 0.25) is 5.02 Å². The fourth-order valence-electron chi connectivity index (χ4n) is 2.12. The average Bonchev–Trinajstić information content (AvgIpc) is 3.12. The summed E-state index contributed by atoms with van der Waals surface area (Å²) in [6, 6.07) is 9.66. The molecule has 3 rings (SSSR count). The molecule has 4 heteroatoms. The van der Waals surface area contributed by atoms with Gasteiger partial charge in [0.25, 0.3) is 5.91 Å². The van der Waals surface area contributed by atoms with Crippen LogP contribution in [0.3, 0.4) is 0 Å². The van der Waals surface area contributed by atoms with Crippen molar-refractivity contribution in [2.45, 2.75) is 25.4 Å². The average molecular weight is 292 g/mol. The van der Waals surface area contributed by atoms with E-state index in [4.69, 9.17) is 11.6 Å². The number of carbonyl (C=O) groups excluding carboxylic acids is 1. The van der Waals surface area contributed by atoms with Crippen molar-refractivity contribution in [3.63, 3.8) is 0 Å². The van der Waals surface area contributed by atoms with Crippen molar-refractivity contribution in [2.24, 2.45) is 0 Å². The van der Waals surface area contributed by atoms with Crippen LogP contribution in [0.5, 0.6) is 0 Å². The summed E-state index contributed by atoms with van der Waals surface area (Å²) in [6.07, 6.45) is 2.22. The number of hydrogen-bond donors (Lipinski definition) is 0. The van der Waals surface area contributed by atoms with Gasteiger partial charge < -0.3 is 4.90 Å². The Balaban J connectivity index is 1.82. The van der Waals surface area contributed by atoms with Crippen molar-refractivity contribution in [3.05, 3.63) is 57.2 Å². The molecule has 2 aromatic rings. The van der Waals surface area contributed by atoms with Gasteiger partial charge in [-0.1, -0.05) is 17.7 Å². The van der Waals surface area contributed by atoms with Gasteiger partial charge in [-0.3, -0.25) is 4.79 Å². The van der Waals surface area contributed by atoms with Crippen molar-refractivity contribution in [2.75, 3.05) is 0 Å². The van der Waals surface area contributed by atoms with E-state index in [1.165, 1.54) is 5.56 Å². The van der Waals surface area contributed by atoms with Gasteiger partial charge in [0.15, 0.2) is 0 Å². The molecule has 1 aliphatic rings. The molecule has 0 radical (unpaired) electrons. The van der Waals surface area contributed by atoms with Crippen molar-refractivity contribution >= 4 is 28.8 Å². The molecule has 0 atom stereocenters. The van der Waals surface area contributed by atoms with E-state index in [-0.39, 0.29) is 5.91 Å². The molecule has 2 nitrogen and oxygen atoms in total. The quantitative estimate of drug-likeness (QED) is 0.826. The third kappa shape index (κ3) is 2.99. The van der Waals surface area contributed by atoms with E-state index in [0.717, 1.165) is 12.8 Å². The monoisotopic (exact) mass is 291 g/mol. The second-order valence-corrected chi connectivity index (χ2v) is 6.02. The first-order valence-corrected chi connectivity index (χ1v) is 7.64. The molecule has 19 heavy (non-hydrogen) atoms. The van der Waals surface area contributed by atoms with Gasteiger partial charge in [-0.2, -0.15) is 11.3 Å². The molecule has 0 unspecified atom stereocenters. The van der Waals surface area contributed by atoms with E-state index in [0.29, 0.717) is 23.2 Å². The molecule has 98 valence electrons. The summed E-state index contributed by atoms with van der Waals surface area (Å²) in [5.41, 5.74) is 1.88. The van der Waals surface area contributed by atoms with Crippen LogP contribution in [0.1, 0.15) is 28.8 Å². The lowest BCUT2D eigenvalue weighted by Gasteiger charge is -2.22. The molecule has 1 amide bonds. The molecule has 1 aliphatic carbocycles. The van der Waals surface area contributed by atoms with E-state index in [1.807, 2.05) is 22.4 Å². The van der Waals surface area contributed by atoms with E-state index < -0.39 is 0 Å². The molecule has 1 aromatic carbocycles. The highest BCUT2D eigenvalue weighted by molar-refractivity contribution is 7.07. The van der Waals surface area contributed by atoms with Gasteiger partial charge in [0.2, 0.25) is 0 Å². The molecular formula is C15H14ClNOS. The highest BCUT2D eigenvalue weighted by Crippen LogP contribution is 2.30. The second-order valence-electron chi connectivity index (χ2n) is 4.81. The largest absolute Gasteiger partial charge is 0.331 e. The summed E-state index contributed by atoms with van der Waals surface area (Å²) in [5.74, 6) is 0.0798. The second kappa shape index (κ2) is 5.35. The maximum absolute atomic E-state index is 12.6. The molecule has 0 spiro atoms. The van der Waals surface area contributed by atoms with Crippen LogP contribution >= 0.6 is 22.9 Å². The molecule has 1 saturated carbocycles. The van der Waals surface area contributed by atoms with E-state index in [9.17, 15) is 4.79 Å². The number of nitrogens with zero attached hydrogens (tertiary/aromatic N) is 1. The number of halogens is 1. The molecule has 1 heterocycles. The third-order valence-electron chi connectivity index (χ3n) is 3.25. The normalized spacial score (nSPS) is 14.4. The Kier molecular flexibility index (Phi) is 3.58. The van der Waals surface area contributed by atoms with Crippen LogP contribution < -0.4 is 0 Å². The van der Waals surface area contributed by atoms with Gasteiger partial charge >= 0.3 is 0 Å². The fraction of sp³-hybridized carbons (Fsp3) is 0.267. The Morgan fingerprint density at radius 2 is 2.21 bits per heavy atom. The van der Waals surface area contributed by atoms with Gasteiger partial charge in [0.05, 0.1) is 0 Å². The van der Waals surface area contributed by atoms with Gasteiger partial charge in [-0.05, 0) is 53.4 Å². The minimum atomic E-state index is 0.0798. The molecule has 0 N–H and O–H groups in total. The number of carbonyl (C=O) groups is 1. The number of rotatable bonds is 4. The minimum absolute atomic E-state index is 0.0798. The number of amides is 1. The maximum Gasteiger partial charge on any atom is 0.254 e. The summed E-state index contributed by atoms with van der Waals surface area (Å²) in [5, 5.41) is 4.75. The maximum atomic E-state index is 12.6. The first-order valence-electron chi connectivity index (χ1n) is 6.31. The SMILES string of the molecule is O=C(c1cccc(Cl)c1)N(Cc1ccsc1)C1CC1. The Morgan fingerprint density at radius 1 is 1.37 bits per heavy atom. The zero-order chi connectivity index (χ0) is 13.2. The van der Waals surface area contributed by atoms with Crippen molar-refractivity contribution in [3.8, 4) is 0 Å². The van der Waals surface area contributed by atoms with Crippen LogP contribution in [0.4, 0.5) is 0 Å². The van der Waals surface area contributed by atoms with Crippen LogP contribution in [-0.4, -0.2) is 16.8 Å². The molecule has 0 bridgehead atoms. The number of hydrogen-bond acceptors (Lipinski definition) is 2. The Bertz CT molecular complexity index is 578. The Morgan fingerprint density at radius 3 is 2.84 bits per heavy atom. The molecule has 1 fully saturated rings. The van der Waals surface area contributed by atoms with Gasteiger partial charge in [-0.25, -0.2) is 0 Å². The zero-order valence-corrected chi connectivity index (χ0v) is 12.0. The lowest BCUT2D eigenvalue weighted by atomic mass is 10.2. The van der Waals surface area contributed by atoms with E-state index in [1.54, 1.807) is 23.5 Å². The summed E-state index contributed by atoms with van der Waals surface area (Å²) in [6.45, 7) is 0.694. The summed E-state index contributed by atoms with van der Waals surface area (Å²) in [7, 11) is 0. The smallest absolute Gasteiger partial charge is 0.254 e. The topological polar surface area (TPSA) is 20.3 Å². The fourth-order valence-corrected chi connectivity index (χ4v) is 2.97. The predicted molar refractivity (Wildman–Crippen MR) is 78.7 cm³/mol. The van der Waals surface area contributed by atoms with Gasteiger partial charge in [-0.15, -0.1) is 0 Å². The number of thiophene rings is 1. The van der Waals surface area contributed by atoms with E-state index in [2.05, 4.69) is 11.4 Å². The number of benzene rings is 1. The van der Waals surface area contributed by atoms with Crippen molar-refractivity contribution < 1.29 is 4.79 Å². The summed E-state index contributed by atoms with van der Waals surface area (Å²) < 4.78 is 0. The van der Waals surface area contributed by atoms with Crippen molar-refractivity contribution in [1.82, 2.24) is 4.90 Å². The highest BCUT2D eigenvalue weighted by Gasteiger charge is 2.33. The van der Waals surface area contributed by atoms with Crippen LogP contribution in [0.25, 0.3) is 0 Å². The van der Waals surface area contributed by atoms with Crippen LogP contribution in [-0.2, 0) is 6.54 Å². The lowest BCUT2D eigenvalue weighted by Crippen LogP contribution is -2.32. The van der Waals surface area contributed by atoms with Crippen LogP contribution in [0, 0.1) is 0 Å². The molecular weight excluding hydrogens is 278 g/mol. The third-order valence-corrected chi connectivity index (χ3v) is 4.22. The summed E-state index contributed by atoms with van der Waals surface area (Å²) >= 11 is 7.63. The molecule has 1 aromatic heterocycles. The molecule has 0 saturated heterocycles. The van der Waals surface area contributed by atoms with E-state index >= 15 is 0 Å². The molecule has 0 aliphatic heterocycles. The predicted octanol–water partition coefficient (Wildman–Crippen LogP) is 4.21.